The van der Waals surface area contributed by atoms with Gasteiger partial charge in [0, 0.05) is 21.5 Å². The van der Waals surface area contributed by atoms with Crippen molar-refractivity contribution >= 4 is 34.5 Å². The minimum Gasteiger partial charge on any atom is -0.467 e. The fraction of sp³-hybridized carbons (Fsp3) is 0.462. The standard InChI is InChI=1S/C13H17IN2O4/c1-3-4-7-20-12(18)13(15,11(17)19-2)9-8-16-6-5-10(9)14/h5-6,8H,3-4,7,15H2,1-2H3. The van der Waals surface area contributed by atoms with Gasteiger partial charge >= 0.3 is 11.9 Å². The monoisotopic (exact) mass is 392 g/mol. The van der Waals surface area contributed by atoms with Crippen molar-refractivity contribution in [1.29, 1.82) is 0 Å². The van der Waals surface area contributed by atoms with Crippen molar-refractivity contribution in [3.05, 3.63) is 27.6 Å². The second-order valence-corrected chi connectivity index (χ2v) is 5.31. The Morgan fingerprint density at radius 3 is 2.70 bits per heavy atom. The summed E-state index contributed by atoms with van der Waals surface area (Å²) in [5.41, 5.74) is 4.29. The molecular weight excluding hydrogens is 375 g/mol. The van der Waals surface area contributed by atoms with Crippen molar-refractivity contribution in [2.45, 2.75) is 25.3 Å². The molecule has 0 saturated heterocycles. The van der Waals surface area contributed by atoms with E-state index >= 15 is 0 Å². The topological polar surface area (TPSA) is 91.5 Å². The van der Waals surface area contributed by atoms with E-state index in [1.807, 2.05) is 29.5 Å². The molecule has 2 N–H and O–H groups in total. The van der Waals surface area contributed by atoms with E-state index in [-0.39, 0.29) is 12.2 Å². The van der Waals surface area contributed by atoms with Crippen LogP contribution < -0.4 is 5.73 Å². The van der Waals surface area contributed by atoms with Gasteiger partial charge in [-0.1, -0.05) is 13.3 Å². The van der Waals surface area contributed by atoms with Crippen LogP contribution in [0.2, 0.25) is 0 Å². The number of unbranched alkanes of at least 4 members (excludes halogenated alkanes) is 1. The highest BCUT2D eigenvalue weighted by Gasteiger charge is 2.48. The summed E-state index contributed by atoms with van der Waals surface area (Å²) in [4.78, 5) is 28.1. The van der Waals surface area contributed by atoms with E-state index in [0.717, 1.165) is 6.42 Å². The summed E-state index contributed by atoms with van der Waals surface area (Å²) >= 11 is 1.98. The van der Waals surface area contributed by atoms with Crippen LogP contribution in [0.3, 0.4) is 0 Å². The zero-order valence-electron chi connectivity index (χ0n) is 11.4. The number of methoxy groups -OCH3 is 1. The van der Waals surface area contributed by atoms with E-state index in [1.165, 1.54) is 13.3 Å². The average molecular weight is 392 g/mol. The van der Waals surface area contributed by atoms with Crippen LogP contribution in [0.15, 0.2) is 18.5 Å². The molecule has 1 unspecified atom stereocenters. The SMILES string of the molecule is CCCCOC(=O)C(N)(C(=O)OC)c1cnccc1I. The maximum Gasteiger partial charge on any atom is 0.342 e. The molecule has 0 saturated carbocycles. The highest BCUT2D eigenvalue weighted by atomic mass is 127. The first-order valence-electron chi connectivity index (χ1n) is 6.13. The van der Waals surface area contributed by atoms with Crippen LogP contribution in [0.25, 0.3) is 0 Å². The number of pyridine rings is 1. The molecule has 0 fully saturated rings. The molecule has 20 heavy (non-hydrogen) atoms. The largest absolute Gasteiger partial charge is 0.467 e. The van der Waals surface area contributed by atoms with Gasteiger partial charge in [0.25, 0.3) is 0 Å². The minimum absolute atomic E-state index is 0.210. The normalized spacial score (nSPS) is 13.4. The molecule has 1 aromatic heterocycles. The Morgan fingerprint density at radius 1 is 1.45 bits per heavy atom. The molecule has 110 valence electrons. The van der Waals surface area contributed by atoms with Gasteiger partial charge in [0.1, 0.15) is 0 Å². The molecule has 0 aliphatic rings. The Kier molecular flexibility index (Phi) is 6.34. The van der Waals surface area contributed by atoms with Gasteiger partial charge in [0.2, 0.25) is 5.54 Å². The highest BCUT2D eigenvalue weighted by Crippen LogP contribution is 2.26. The van der Waals surface area contributed by atoms with Crippen LogP contribution >= 0.6 is 22.6 Å². The van der Waals surface area contributed by atoms with Gasteiger partial charge < -0.3 is 15.2 Å². The molecule has 1 rings (SSSR count). The number of rotatable bonds is 6. The summed E-state index contributed by atoms with van der Waals surface area (Å²) in [6.45, 7) is 2.18. The number of carbonyl (C=O) groups is 2. The molecule has 6 nitrogen and oxygen atoms in total. The lowest BCUT2D eigenvalue weighted by atomic mass is 9.92. The number of hydrogen-bond acceptors (Lipinski definition) is 6. The van der Waals surface area contributed by atoms with Crippen LogP contribution in [0.1, 0.15) is 25.3 Å². The zero-order valence-corrected chi connectivity index (χ0v) is 13.5. The molecule has 1 heterocycles. The minimum atomic E-state index is -1.99. The quantitative estimate of drug-likeness (QED) is 0.340. The van der Waals surface area contributed by atoms with Gasteiger partial charge in [0.05, 0.1) is 13.7 Å². The predicted octanol–water partition coefficient (Wildman–Crippen LogP) is 1.36. The molecule has 0 aromatic carbocycles. The molecule has 1 atom stereocenters. The summed E-state index contributed by atoms with van der Waals surface area (Å²) in [5.74, 6) is -1.70. The van der Waals surface area contributed by atoms with E-state index in [2.05, 4.69) is 9.72 Å². The Morgan fingerprint density at radius 2 is 2.15 bits per heavy atom. The third-order valence-electron chi connectivity index (χ3n) is 2.75. The number of ether oxygens (including phenoxy) is 2. The third kappa shape index (κ3) is 3.45. The first-order chi connectivity index (χ1) is 9.48. The number of aromatic nitrogens is 1. The van der Waals surface area contributed by atoms with Crippen molar-refractivity contribution in [3.8, 4) is 0 Å². The van der Waals surface area contributed by atoms with Crippen LogP contribution in [-0.2, 0) is 24.6 Å². The van der Waals surface area contributed by atoms with Crippen molar-refractivity contribution in [1.82, 2.24) is 4.98 Å². The van der Waals surface area contributed by atoms with Gasteiger partial charge in [-0.25, -0.2) is 9.59 Å². The first-order valence-corrected chi connectivity index (χ1v) is 7.20. The second-order valence-electron chi connectivity index (χ2n) is 4.14. The van der Waals surface area contributed by atoms with Crippen molar-refractivity contribution < 1.29 is 19.1 Å². The fourth-order valence-corrected chi connectivity index (χ4v) is 2.28. The van der Waals surface area contributed by atoms with Crippen LogP contribution in [0, 0.1) is 3.57 Å². The third-order valence-corrected chi connectivity index (χ3v) is 3.69. The average Bonchev–Trinajstić information content (AvgIpc) is 2.46. The van der Waals surface area contributed by atoms with Crippen LogP contribution in [0.5, 0.6) is 0 Å². The number of carbonyl (C=O) groups excluding carboxylic acids is 2. The van der Waals surface area contributed by atoms with E-state index in [4.69, 9.17) is 10.5 Å². The Balaban J connectivity index is 3.14. The number of nitrogens with two attached hydrogens (primary N) is 1. The summed E-state index contributed by atoms with van der Waals surface area (Å²) in [7, 11) is 1.17. The van der Waals surface area contributed by atoms with Gasteiger partial charge in [-0.15, -0.1) is 0 Å². The summed E-state index contributed by atoms with van der Waals surface area (Å²) in [6, 6.07) is 1.65. The van der Waals surface area contributed by atoms with Crippen LogP contribution in [-0.4, -0.2) is 30.6 Å². The van der Waals surface area contributed by atoms with E-state index in [0.29, 0.717) is 9.99 Å². The molecule has 0 aliphatic carbocycles. The molecule has 0 aliphatic heterocycles. The first kappa shape index (κ1) is 16.8. The number of halogens is 1. The summed E-state index contributed by atoms with van der Waals surface area (Å²) in [6.07, 6.45) is 4.49. The Labute approximate surface area is 131 Å². The van der Waals surface area contributed by atoms with Gasteiger partial charge in [-0.2, -0.15) is 0 Å². The molecule has 1 aromatic rings. The Bertz CT molecular complexity index is 495. The second kappa shape index (κ2) is 7.53. The number of esters is 2. The van der Waals surface area contributed by atoms with Crippen molar-refractivity contribution in [3.63, 3.8) is 0 Å². The van der Waals surface area contributed by atoms with Gasteiger partial charge in [-0.05, 0) is 35.1 Å². The lowest BCUT2D eigenvalue weighted by Gasteiger charge is -2.25. The van der Waals surface area contributed by atoms with Crippen molar-refractivity contribution in [2.24, 2.45) is 5.73 Å². The maximum atomic E-state index is 12.2. The lowest BCUT2D eigenvalue weighted by molar-refractivity contribution is -0.163. The zero-order chi connectivity index (χ0) is 15.2. The van der Waals surface area contributed by atoms with E-state index in [9.17, 15) is 9.59 Å². The maximum absolute atomic E-state index is 12.2. The predicted molar refractivity (Wildman–Crippen MR) is 80.7 cm³/mol. The van der Waals surface area contributed by atoms with Crippen molar-refractivity contribution in [2.75, 3.05) is 13.7 Å². The molecular formula is C13H17IN2O4. The molecule has 0 spiro atoms. The highest BCUT2D eigenvalue weighted by molar-refractivity contribution is 14.1. The van der Waals surface area contributed by atoms with E-state index < -0.39 is 17.5 Å². The molecule has 7 heteroatoms. The lowest BCUT2D eigenvalue weighted by Crippen LogP contribution is -2.54. The number of hydrogen-bond donors (Lipinski definition) is 1. The molecule has 0 amide bonds. The molecule has 0 radical (unpaired) electrons. The Hall–Kier alpha value is -1.22. The summed E-state index contributed by atoms with van der Waals surface area (Å²) in [5, 5.41) is 0. The smallest absolute Gasteiger partial charge is 0.342 e. The van der Waals surface area contributed by atoms with Gasteiger partial charge in [0.15, 0.2) is 0 Å². The summed E-state index contributed by atoms with van der Waals surface area (Å²) < 4.78 is 10.4. The van der Waals surface area contributed by atoms with E-state index in [1.54, 1.807) is 12.3 Å². The fourth-order valence-electron chi connectivity index (χ4n) is 1.55. The van der Waals surface area contributed by atoms with Gasteiger partial charge in [-0.3, -0.25) is 4.98 Å². The number of nitrogens with zero attached hydrogens (tertiary/aromatic N) is 1. The molecule has 0 bridgehead atoms. The van der Waals surface area contributed by atoms with Crippen LogP contribution in [0.4, 0.5) is 0 Å².